The number of aliphatic hydroxyl groups is 1. The van der Waals surface area contributed by atoms with Gasteiger partial charge in [0.2, 0.25) is 5.91 Å². The van der Waals surface area contributed by atoms with Crippen molar-refractivity contribution < 1.29 is 28.6 Å². The summed E-state index contributed by atoms with van der Waals surface area (Å²) in [6.45, 7) is 4.32. The predicted molar refractivity (Wildman–Crippen MR) is 162 cm³/mol. The lowest BCUT2D eigenvalue weighted by Crippen LogP contribution is -2.50. The van der Waals surface area contributed by atoms with Crippen molar-refractivity contribution in [3.63, 3.8) is 0 Å². The summed E-state index contributed by atoms with van der Waals surface area (Å²) < 4.78 is 21.0. The van der Waals surface area contributed by atoms with E-state index in [0.717, 1.165) is 11.1 Å². The SMILES string of the molecule is COc1ccc2c(c1)[C@@H](NCC(O)C(Cc1ccccc1)NC(=O)c1cccc(N3CCCC3=O)c1F)CC(C)(C)C2=O. The Kier molecular flexibility index (Phi) is 8.94. The maximum atomic E-state index is 15.6. The second-order valence-corrected chi connectivity index (χ2v) is 12.0. The van der Waals surface area contributed by atoms with Gasteiger partial charge in [-0.05, 0) is 60.7 Å². The molecule has 226 valence electrons. The number of halogens is 1. The van der Waals surface area contributed by atoms with Crippen molar-refractivity contribution in [3.8, 4) is 5.75 Å². The Morgan fingerprint density at radius 3 is 2.58 bits per heavy atom. The minimum absolute atomic E-state index is 0.0536. The Morgan fingerprint density at radius 2 is 1.88 bits per heavy atom. The topological polar surface area (TPSA) is 108 Å². The van der Waals surface area contributed by atoms with Gasteiger partial charge >= 0.3 is 0 Å². The van der Waals surface area contributed by atoms with Crippen LogP contribution in [0.5, 0.6) is 5.75 Å². The van der Waals surface area contributed by atoms with Gasteiger partial charge in [-0.25, -0.2) is 4.39 Å². The summed E-state index contributed by atoms with van der Waals surface area (Å²) in [5, 5.41) is 17.7. The molecule has 3 atom stereocenters. The Hall–Kier alpha value is -4.08. The molecule has 3 N–H and O–H groups in total. The Morgan fingerprint density at radius 1 is 1.12 bits per heavy atom. The van der Waals surface area contributed by atoms with Crippen LogP contribution in [0.25, 0.3) is 0 Å². The van der Waals surface area contributed by atoms with Gasteiger partial charge < -0.3 is 25.4 Å². The summed E-state index contributed by atoms with van der Waals surface area (Å²) in [4.78, 5) is 40.2. The number of nitrogens with one attached hydrogen (secondary N) is 2. The highest BCUT2D eigenvalue weighted by atomic mass is 19.1. The van der Waals surface area contributed by atoms with Crippen molar-refractivity contribution in [3.05, 3.63) is 94.8 Å². The Labute approximate surface area is 251 Å². The van der Waals surface area contributed by atoms with Crippen molar-refractivity contribution in [2.24, 2.45) is 5.41 Å². The molecule has 1 heterocycles. The largest absolute Gasteiger partial charge is 0.497 e. The van der Waals surface area contributed by atoms with E-state index in [1.807, 2.05) is 50.2 Å². The van der Waals surface area contributed by atoms with Gasteiger partial charge in [0.25, 0.3) is 5.91 Å². The molecule has 2 aliphatic rings. The lowest BCUT2D eigenvalue weighted by Gasteiger charge is -2.37. The van der Waals surface area contributed by atoms with Crippen molar-refractivity contribution in [1.29, 1.82) is 0 Å². The molecule has 8 nitrogen and oxygen atoms in total. The summed E-state index contributed by atoms with van der Waals surface area (Å²) in [6, 6.07) is 18.3. The van der Waals surface area contributed by atoms with Gasteiger partial charge in [0, 0.05) is 36.5 Å². The maximum absolute atomic E-state index is 15.6. The number of carbonyl (C=O) groups is 3. The van der Waals surface area contributed by atoms with E-state index in [2.05, 4.69) is 10.6 Å². The quantitative estimate of drug-likeness (QED) is 0.320. The van der Waals surface area contributed by atoms with E-state index >= 15 is 4.39 Å². The summed E-state index contributed by atoms with van der Waals surface area (Å²) in [5.41, 5.74) is 1.59. The minimum atomic E-state index is -1.05. The number of fused-ring (bicyclic) bond motifs is 1. The molecule has 3 aromatic rings. The number of benzene rings is 3. The summed E-state index contributed by atoms with van der Waals surface area (Å²) in [7, 11) is 1.57. The molecule has 0 spiro atoms. The van der Waals surface area contributed by atoms with Crippen LogP contribution in [0.2, 0.25) is 0 Å². The number of nitrogens with zero attached hydrogens (tertiary/aromatic N) is 1. The van der Waals surface area contributed by atoms with E-state index in [4.69, 9.17) is 4.74 Å². The van der Waals surface area contributed by atoms with Crippen LogP contribution in [0.4, 0.5) is 10.1 Å². The van der Waals surface area contributed by atoms with Crippen LogP contribution in [-0.2, 0) is 11.2 Å². The fraction of sp³-hybridized carbons (Fsp3) is 0.382. The number of aliphatic hydroxyl groups excluding tert-OH is 1. The van der Waals surface area contributed by atoms with Gasteiger partial charge in [0.05, 0.1) is 30.5 Å². The van der Waals surface area contributed by atoms with Crippen LogP contribution in [0.1, 0.15) is 71.0 Å². The normalized spacial score (nSPS) is 19.1. The first-order chi connectivity index (χ1) is 20.6. The highest BCUT2D eigenvalue weighted by molar-refractivity contribution is 6.03. The molecule has 1 aliphatic heterocycles. The Balaban J connectivity index is 1.37. The highest BCUT2D eigenvalue weighted by Gasteiger charge is 2.40. The third-order valence-corrected chi connectivity index (χ3v) is 8.45. The van der Waals surface area contributed by atoms with Crippen molar-refractivity contribution in [1.82, 2.24) is 10.6 Å². The molecule has 1 aliphatic carbocycles. The van der Waals surface area contributed by atoms with E-state index in [1.54, 1.807) is 25.3 Å². The zero-order valence-electron chi connectivity index (χ0n) is 24.7. The first-order valence-corrected chi connectivity index (χ1v) is 14.7. The molecule has 9 heteroatoms. The van der Waals surface area contributed by atoms with Crippen molar-refractivity contribution in [2.45, 2.75) is 57.7 Å². The molecule has 0 aromatic heterocycles. The highest BCUT2D eigenvalue weighted by Crippen LogP contribution is 2.42. The number of amides is 2. The number of hydrogen-bond acceptors (Lipinski definition) is 6. The second-order valence-electron chi connectivity index (χ2n) is 12.0. The molecule has 5 rings (SSSR count). The summed E-state index contributed by atoms with van der Waals surface area (Å²) >= 11 is 0. The van der Waals surface area contributed by atoms with Crippen molar-refractivity contribution >= 4 is 23.3 Å². The van der Waals surface area contributed by atoms with Gasteiger partial charge in [-0.15, -0.1) is 0 Å². The third kappa shape index (κ3) is 6.48. The maximum Gasteiger partial charge on any atom is 0.254 e. The van der Waals surface area contributed by atoms with E-state index in [0.29, 0.717) is 43.5 Å². The molecule has 0 bridgehead atoms. The minimum Gasteiger partial charge on any atom is -0.497 e. The van der Waals surface area contributed by atoms with Gasteiger partial charge in [-0.1, -0.05) is 50.2 Å². The number of hydrogen-bond donors (Lipinski definition) is 3. The summed E-state index contributed by atoms with van der Waals surface area (Å²) in [5.74, 6) is -0.927. The van der Waals surface area contributed by atoms with Gasteiger partial charge in [-0.3, -0.25) is 14.4 Å². The first kappa shape index (κ1) is 30.4. The molecule has 1 saturated heterocycles. The van der Waals surface area contributed by atoms with Crippen LogP contribution < -0.4 is 20.3 Å². The molecule has 2 unspecified atom stereocenters. The van der Waals surface area contributed by atoms with Crippen LogP contribution >= 0.6 is 0 Å². The molecule has 43 heavy (non-hydrogen) atoms. The molecule has 0 saturated carbocycles. The smallest absolute Gasteiger partial charge is 0.254 e. The average Bonchev–Trinajstić information content (AvgIpc) is 3.43. The van der Waals surface area contributed by atoms with Crippen LogP contribution in [0.3, 0.4) is 0 Å². The summed E-state index contributed by atoms with van der Waals surface area (Å²) in [6.07, 6.45) is 0.751. The zero-order chi connectivity index (χ0) is 30.7. The predicted octanol–water partition coefficient (Wildman–Crippen LogP) is 4.61. The van der Waals surface area contributed by atoms with Crippen LogP contribution in [0.15, 0.2) is 66.7 Å². The van der Waals surface area contributed by atoms with Gasteiger partial charge in [0.1, 0.15) is 5.75 Å². The third-order valence-electron chi connectivity index (χ3n) is 8.45. The average molecular weight is 588 g/mol. The molecule has 3 aromatic carbocycles. The van der Waals surface area contributed by atoms with Gasteiger partial charge in [0.15, 0.2) is 11.6 Å². The number of anilines is 1. The Bertz CT molecular complexity index is 1510. The van der Waals surface area contributed by atoms with Crippen LogP contribution in [0, 0.1) is 11.2 Å². The lowest BCUT2D eigenvalue weighted by atomic mass is 9.71. The van der Waals surface area contributed by atoms with E-state index < -0.39 is 29.3 Å². The van der Waals surface area contributed by atoms with Gasteiger partial charge in [-0.2, -0.15) is 0 Å². The molecular formula is C34H38FN3O5. The van der Waals surface area contributed by atoms with Crippen molar-refractivity contribution in [2.75, 3.05) is 25.1 Å². The second kappa shape index (κ2) is 12.7. The monoisotopic (exact) mass is 587 g/mol. The number of rotatable bonds is 10. The zero-order valence-corrected chi connectivity index (χ0v) is 24.7. The van der Waals surface area contributed by atoms with E-state index in [-0.39, 0.29) is 35.5 Å². The van der Waals surface area contributed by atoms with E-state index in [9.17, 15) is 19.5 Å². The first-order valence-electron chi connectivity index (χ1n) is 14.7. The number of ketones is 1. The fourth-order valence-electron chi connectivity index (χ4n) is 6.03. The molecule has 0 radical (unpaired) electrons. The standard InChI is InChI=1S/C34H38FN3O5/c1-34(2)19-27(25-18-22(43-3)14-15-23(25)32(34)41)36-20-29(39)26(17-21-9-5-4-6-10-21)37-33(42)24-11-7-12-28(31(24)35)38-16-8-13-30(38)40/h4-7,9-12,14-15,18,26-27,29,36,39H,8,13,16-17,19-20H2,1-3H3,(H,37,42)/t26?,27-,29?/m0/s1. The molecule has 1 fully saturated rings. The fourth-order valence-corrected chi connectivity index (χ4v) is 6.03. The lowest BCUT2D eigenvalue weighted by molar-refractivity contribution is -0.117. The van der Waals surface area contributed by atoms with Crippen LogP contribution in [-0.4, -0.2) is 55.0 Å². The van der Waals surface area contributed by atoms with E-state index in [1.165, 1.54) is 17.0 Å². The number of carbonyl (C=O) groups excluding carboxylic acids is 3. The number of ether oxygens (including phenoxy) is 1. The molecular weight excluding hydrogens is 549 g/mol. The number of methoxy groups -OCH3 is 1. The number of Topliss-reactive ketones (excluding diaryl/α,β-unsaturated/α-hetero) is 1. The molecule has 2 amide bonds.